The molecule has 0 aliphatic heterocycles. The number of hydrogen-bond acceptors (Lipinski definition) is 6. The first-order chi connectivity index (χ1) is 8.67. The summed E-state index contributed by atoms with van der Waals surface area (Å²) >= 11 is 1.40. The fourth-order valence-corrected chi connectivity index (χ4v) is 2.82. The lowest BCUT2D eigenvalue weighted by Gasteiger charge is -2.26. The molecule has 0 aliphatic rings. The second kappa shape index (κ2) is 7.45. The number of ether oxygens (including phenoxy) is 2. The van der Waals surface area contributed by atoms with Gasteiger partial charge in [0.25, 0.3) is 0 Å². The minimum Gasteiger partial charge on any atom is -0.383 e. The molecule has 1 atom stereocenters. The quantitative estimate of drug-likeness (QED) is 0.677. The van der Waals surface area contributed by atoms with E-state index in [1.54, 1.807) is 14.2 Å². The lowest BCUT2D eigenvalue weighted by atomic mass is 10.3. The maximum Gasteiger partial charge on any atom is 0.186 e. The summed E-state index contributed by atoms with van der Waals surface area (Å²) < 4.78 is 10.2. The fourth-order valence-electron chi connectivity index (χ4n) is 1.77. The number of carbonyl (C=O) groups excluding carboxylic acids is 1. The van der Waals surface area contributed by atoms with Gasteiger partial charge in [0.2, 0.25) is 0 Å². The summed E-state index contributed by atoms with van der Waals surface area (Å²) in [5.41, 5.74) is 0.704. The molecule has 0 aromatic carbocycles. The Labute approximate surface area is 112 Å². The second-order valence-electron chi connectivity index (χ2n) is 3.95. The van der Waals surface area contributed by atoms with Crippen molar-refractivity contribution in [2.45, 2.75) is 26.5 Å². The van der Waals surface area contributed by atoms with Gasteiger partial charge in [-0.3, -0.25) is 4.79 Å². The summed E-state index contributed by atoms with van der Waals surface area (Å²) in [7, 11) is 3.28. The van der Waals surface area contributed by atoms with Crippen molar-refractivity contribution in [2.75, 3.05) is 32.3 Å². The maximum atomic E-state index is 11.0. The van der Waals surface area contributed by atoms with Gasteiger partial charge in [-0.05, 0) is 13.8 Å². The fraction of sp³-hybridized carbons (Fsp3) is 0.667. The Hall–Kier alpha value is -0.980. The molecule has 6 heteroatoms. The summed E-state index contributed by atoms with van der Waals surface area (Å²) in [6.07, 6.45) is 0.838. The number of likely N-dealkylation sites (N-methyl/N-ethyl adjacent to an activating group) is 1. The van der Waals surface area contributed by atoms with Crippen LogP contribution in [0.1, 0.15) is 29.2 Å². The van der Waals surface area contributed by atoms with Crippen LogP contribution in [0.3, 0.4) is 0 Å². The van der Waals surface area contributed by atoms with Crippen molar-refractivity contribution in [3.05, 3.63) is 10.6 Å². The van der Waals surface area contributed by atoms with Crippen LogP contribution >= 0.6 is 11.3 Å². The van der Waals surface area contributed by atoms with Crippen molar-refractivity contribution in [3.8, 4) is 0 Å². The second-order valence-corrected chi connectivity index (χ2v) is 4.96. The van der Waals surface area contributed by atoms with Crippen molar-refractivity contribution in [3.63, 3.8) is 0 Å². The summed E-state index contributed by atoms with van der Waals surface area (Å²) in [5, 5.41) is 0.844. The topological polar surface area (TPSA) is 51.7 Å². The van der Waals surface area contributed by atoms with Gasteiger partial charge in [0.15, 0.2) is 11.4 Å². The third kappa shape index (κ3) is 3.51. The summed E-state index contributed by atoms with van der Waals surface area (Å²) in [6.45, 7) is 5.95. The lowest BCUT2D eigenvalue weighted by molar-refractivity contribution is 0.112. The highest BCUT2D eigenvalue weighted by Gasteiger charge is 2.19. The van der Waals surface area contributed by atoms with E-state index >= 15 is 0 Å². The van der Waals surface area contributed by atoms with E-state index in [0.717, 1.165) is 18.0 Å². The Bertz CT molecular complexity index is 381. The predicted octanol–water partition coefficient (Wildman–Crippen LogP) is 1.96. The molecule has 1 heterocycles. The van der Waals surface area contributed by atoms with Gasteiger partial charge in [0.05, 0.1) is 29.8 Å². The van der Waals surface area contributed by atoms with Crippen molar-refractivity contribution >= 4 is 22.8 Å². The van der Waals surface area contributed by atoms with Gasteiger partial charge in [-0.2, -0.15) is 0 Å². The normalized spacial score (nSPS) is 12.4. The predicted molar refractivity (Wildman–Crippen MR) is 72.6 cm³/mol. The van der Waals surface area contributed by atoms with Crippen LogP contribution in [0.25, 0.3) is 0 Å². The van der Waals surface area contributed by atoms with E-state index in [4.69, 9.17) is 9.47 Å². The first kappa shape index (κ1) is 15.1. The molecule has 0 fully saturated rings. The number of hydrogen-bond donors (Lipinski definition) is 0. The number of carbonyl (C=O) groups is 1. The van der Waals surface area contributed by atoms with Crippen molar-refractivity contribution in [1.29, 1.82) is 0 Å². The van der Waals surface area contributed by atoms with E-state index in [1.165, 1.54) is 11.3 Å². The standard InChI is InChI=1S/C12H20N2O3S/c1-5-14(9(2)7-16-3)12-13-10(8-17-4)11(6-15)18-12/h6,9H,5,7-8H2,1-4H3. The summed E-state index contributed by atoms with van der Waals surface area (Å²) in [4.78, 5) is 18.2. The molecule has 0 aliphatic carbocycles. The number of anilines is 1. The van der Waals surface area contributed by atoms with Gasteiger partial charge in [0.1, 0.15) is 0 Å². The van der Waals surface area contributed by atoms with Crippen molar-refractivity contribution in [1.82, 2.24) is 4.98 Å². The summed E-state index contributed by atoms with van der Waals surface area (Å²) in [5.74, 6) is 0. The molecule has 1 aromatic rings. The lowest BCUT2D eigenvalue weighted by Crippen LogP contribution is -2.36. The molecule has 0 saturated carbocycles. The molecule has 1 aromatic heterocycles. The highest BCUT2D eigenvalue weighted by Crippen LogP contribution is 2.27. The molecule has 0 radical (unpaired) electrons. The maximum absolute atomic E-state index is 11.0. The number of methoxy groups -OCH3 is 2. The monoisotopic (exact) mass is 272 g/mol. The molecular formula is C12H20N2O3S. The van der Waals surface area contributed by atoms with Crippen LogP contribution in [0, 0.1) is 0 Å². The zero-order valence-electron chi connectivity index (χ0n) is 11.3. The Morgan fingerprint density at radius 2 is 2.17 bits per heavy atom. The van der Waals surface area contributed by atoms with Gasteiger partial charge in [-0.25, -0.2) is 4.98 Å². The van der Waals surface area contributed by atoms with E-state index in [-0.39, 0.29) is 6.04 Å². The van der Waals surface area contributed by atoms with Gasteiger partial charge >= 0.3 is 0 Å². The number of aromatic nitrogens is 1. The molecule has 0 bridgehead atoms. The molecule has 0 spiro atoms. The van der Waals surface area contributed by atoms with Crippen LogP contribution in [0.5, 0.6) is 0 Å². The Morgan fingerprint density at radius 1 is 1.44 bits per heavy atom. The number of rotatable bonds is 8. The van der Waals surface area contributed by atoms with Crippen LogP contribution in [0.2, 0.25) is 0 Å². The van der Waals surface area contributed by atoms with E-state index in [2.05, 4.69) is 23.7 Å². The Kier molecular flexibility index (Phi) is 6.24. The zero-order valence-corrected chi connectivity index (χ0v) is 12.1. The molecule has 18 heavy (non-hydrogen) atoms. The number of aldehydes is 1. The van der Waals surface area contributed by atoms with Gasteiger partial charge < -0.3 is 14.4 Å². The van der Waals surface area contributed by atoms with E-state index in [0.29, 0.717) is 23.8 Å². The average Bonchev–Trinajstić information content (AvgIpc) is 2.74. The molecule has 1 unspecified atom stereocenters. The van der Waals surface area contributed by atoms with Gasteiger partial charge in [-0.15, -0.1) is 0 Å². The van der Waals surface area contributed by atoms with Crippen LogP contribution < -0.4 is 4.90 Å². The first-order valence-electron chi connectivity index (χ1n) is 5.87. The van der Waals surface area contributed by atoms with E-state index in [9.17, 15) is 4.79 Å². The first-order valence-corrected chi connectivity index (χ1v) is 6.68. The summed E-state index contributed by atoms with van der Waals surface area (Å²) in [6, 6.07) is 0.223. The third-order valence-corrected chi connectivity index (χ3v) is 3.69. The Balaban J connectivity index is 2.95. The van der Waals surface area contributed by atoms with E-state index in [1.807, 2.05) is 0 Å². The Morgan fingerprint density at radius 3 is 2.67 bits per heavy atom. The van der Waals surface area contributed by atoms with Gasteiger partial charge in [-0.1, -0.05) is 11.3 Å². The minimum atomic E-state index is 0.223. The average molecular weight is 272 g/mol. The smallest absolute Gasteiger partial charge is 0.186 e. The van der Waals surface area contributed by atoms with Crippen LogP contribution in [0.4, 0.5) is 5.13 Å². The van der Waals surface area contributed by atoms with Crippen LogP contribution in [0.15, 0.2) is 0 Å². The molecule has 1 rings (SSSR count). The zero-order chi connectivity index (χ0) is 13.5. The molecule has 102 valence electrons. The SMILES string of the molecule is CCN(c1nc(COC)c(C=O)s1)C(C)COC. The largest absolute Gasteiger partial charge is 0.383 e. The molecule has 0 N–H and O–H groups in total. The highest BCUT2D eigenvalue weighted by atomic mass is 32.1. The molecular weight excluding hydrogens is 252 g/mol. The minimum absolute atomic E-state index is 0.223. The van der Waals surface area contributed by atoms with Crippen LogP contribution in [-0.2, 0) is 16.1 Å². The molecule has 0 amide bonds. The van der Waals surface area contributed by atoms with Crippen molar-refractivity contribution < 1.29 is 14.3 Å². The highest BCUT2D eigenvalue weighted by molar-refractivity contribution is 7.17. The van der Waals surface area contributed by atoms with Crippen molar-refractivity contribution in [2.24, 2.45) is 0 Å². The molecule has 0 saturated heterocycles. The van der Waals surface area contributed by atoms with Crippen LogP contribution in [-0.4, -0.2) is 44.7 Å². The number of nitrogens with zero attached hydrogens (tertiary/aromatic N) is 2. The number of thiazole rings is 1. The van der Waals surface area contributed by atoms with Gasteiger partial charge in [0, 0.05) is 20.8 Å². The molecule has 5 nitrogen and oxygen atoms in total. The third-order valence-electron chi connectivity index (χ3n) is 2.63. The van der Waals surface area contributed by atoms with E-state index < -0.39 is 0 Å².